The van der Waals surface area contributed by atoms with Crippen molar-refractivity contribution >= 4 is 5.78 Å². The summed E-state index contributed by atoms with van der Waals surface area (Å²) in [5.41, 5.74) is 1.63. The van der Waals surface area contributed by atoms with Crippen LogP contribution in [0, 0.1) is 5.92 Å². The fraction of sp³-hybridized carbons (Fsp3) is 0.381. The first-order valence-corrected chi connectivity index (χ1v) is 8.90. The summed E-state index contributed by atoms with van der Waals surface area (Å²) >= 11 is 0. The molecule has 3 atom stereocenters. The van der Waals surface area contributed by atoms with Crippen molar-refractivity contribution in [2.75, 3.05) is 6.61 Å². The van der Waals surface area contributed by atoms with E-state index in [1.807, 2.05) is 49.4 Å². The van der Waals surface area contributed by atoms with Crippen molar-refractivity contribution in [1.82, 2.24) is 0 Å². The standard InChI is InChI=1S/C21H22O4/c1-14-20(22)17-11-10-16(24-19-9-5-6-12-23-19)13-18(17)25-21(14)15-7-3-2-4-8-15/h2-4,7-8,10-11,13-14,19,21H,5-6,9,12H2,1H3/t14-,19?,21-/m0/s1. The van der Waals surface area contributed by atoms with Gasteiger partial charge >= 0.3 is 0 Å². The topological polar surface area (TPSA) is 44.8 Å². The number of fused-ring (bicyclic) bond motifs is 1. The lowest BCUT2D eigenvalue weighted by Crippen LogP contribution is -2.30. The molecule has 0 spiro atoms. The van der Waals surface area contributed by atoms with Gasteiger partial charge in [-0.1, -0.05) is 37.3 Å². The molecule has 4 nitrogen and oxygen atoms in total. The molecule has 2 aromatic carbocycles. The molecule has 0 radical (unpaired) electrons. The van der Waals surface area contributed by atoms with Crippen molar-refractivity contribution in [2.45, 2.75) is 38.6 Å². The second-order valence-corrected chi connectivity index (χ2v) is 6.67. The monoisotopic (exact) mass is 338 g/mol. The van der Waals surface area contributed by atoms with Crippen LogP contribution in [0.3, 0.4) is 0 Å². The van der Waals surface area contributed by atoms with Gasteiger partial charge in [0.2, 0.25) is 0 Å². The Hall–Kier alpha value is -2.33. The zero-order valence-electron chi connectivity index (χ0n) is 14.3. The van der Waals surface area contributed by atoms with Gasteiger partial charge in [-0.25, -0.2) is 0 Å². The Morgan fingerprint density at radius 1 is 1.08 bits per heavy atom. The van der Waals surface area contributed by atoms with Crippen molar-refractivity contribution in [1.29, 1.82) is 0 Å². The molecule has 1 unspecified atom stereocenters. The summed E-state index contributed by atoms with van der Waals surface area (Å²) in [5, 5.41) is 0. The molecule has 2 aliphatic rings. The normalized spacial score (nSPS) is 25.8. The number of carbonyl (C=O) groups excluding carboxylic acids is 1. The van der Waals surface area contributed by atoms with Gasteiger partial charge in [0.05, 0.1) is 18.1 Å². The van der Waals surface area contributed by atoms with Gasteiger partial charge in [-0.2, -0.15) is 0 Å². The summed E-state index contributed by atoms with van der Waals surface area (Å²) < 4.78 is 17.7. The maximum atomic E-state index is 12.8. The molecule has 4 heteroatoms. The van der Waals surface area contributed by atoms with Gasteiger partial charge in [-0.05, 0) is 30.5 Å². The first-order chi connectivity index (χ1) is 12.2. The Morgan fingerprint density at radius 2 is 1.92 bits per heavy atom. The molecular weight excluding hydrogens is 316 g/mol. The van der Waals surface area contributed by atoms with Crippen LogP contribution in [0.25, 0.3) is 0 Å². The average molecular weight is 338 g/mol. The van der Waals surface area contributed by atoms with Gasteiger partial charge in [0, 0.05) is 12.5 Å². The van der Waals surface area contributed by atoms with Crippen LogP contribution in [0.1, 0.15) is 48.2 Å². The maximum absolute atomic E-state index is 12.8. The van der Waals surface area contributed by atoms with Gasteiger partial charge in [-0.3, -0.25) is 4.79 Å². The van der Waals surface area contributed by atoms with Crippen LogP contribution in [0.15, 0.2) is 48.5 Å². The smallest absolute Gasteiger partial charge is 0.199 e. The van der Waals surface area contributed by atoms with E-state index in [1.165, 1.54) is 0 Å². The summed E-state index contributed by atoms with van der Waals surface area (Å²) in [6.45, 7) is 2.65. The van der Waals surface area contributed by atoms with Crippen molar-refractivity contribution in [3.8, 4) is 11.5 Å². The van der Waals surface area contributed by atoms with Crippen LogP contribution >= 0.6 is 0 Å². The molecule has 1 saturated heterocycles. The second kappa shape index (κ2) is 6.89. The van der Waals surface area contributed by atoms with Gasteiger partial charge in [-0.15, -0.1) is 0 Å². The largest absolute Gasteiger partial charge is 0.484 e. The van der Waals surface area contributed by atoms with Crippen LogP contribution < -0.4 is 9.47 Å². The minimum Gasteiger partial charge on any atom is -0.484 e. The Labute approximate surface area is 147 Å². The number of ketones is 1. The zero-order chi connectivity index (χ0) is 17.2. The molecule has 0 aliphatic carbocycles. The molecule has 2 aromatic rings. The van der Waals surface area contributed by atoms with Crippen LogP contribution in [0.4, 0.5) is 0 Å². The van der Waals surface area contributed by atoms with Crippen LogP contribution in [-0.4, -0.2) is 18.7 Å². The van der Waals surface area contributed by atoms with Gasteiger partial charge < -0.3 is 14.2 Å². The van der Waals surface area contributed by atoms with E-state index in [9.17, 15) is 4.79 Å². The van der Waals surface area contributed by atoms with Gasteiger partial charge in [0.25, 0.3) is 0 Å². The summed E-state index contributed by atoms with van der Waals surface area (Å²) in [7, 11) is 0. The quantitative estimate of drug-likeness (QED) is 0.824. The third-order valence-electron chi connectivity index (χ3n) is 4.87. The zero-order valence-corrected chi connectivity index (χ0v) is 14.3. The van der Waals surface area contributed by atoms with Crippen molar-refractivity contribution < 1.29 is 19.0 Å². The third kappa shape index (κ3) is 3.27. The number of hydrogen-bond donors (Lipinski definition) is 0. The van der Waals surface area contributed by atoms with E-state index in [-0.39, 0.29) is 24.1 Å². The summed E-state index contributed by atoms with van der Waals surface area (Å²) in [6, 6.07) is 15.3. The lowest BCUT2D eigenvalue weighted by Gasteiger charge is -2.31. The highest BCUT2D eigenvalue weighted by Gasteiger charge is 2.35. The summed E-state index contributed by atoms with van der Waals surface area (Å²) in [6.07, 6.45) is 2.59. The van der Waals surface area contributed by atoms with Crippen molar-refractivity contribution in [2.24, 2.45) is 5.92 Å². The molecule has 0 amide bonds. The Morgan fingerprint density at radius 3 is 2.68 bits per heavy atom. The predicted octanol–water partition coefficient (Wildman–Crippen LogP) is 4.54. The highest BCUT2D eigenvalue weighted by Crippen LogP contribution is 2.40. The fourth-order valence-corrected chi connectivity index (χ4v) is 3.45. The number of hydrogen-bond acceptors (Lipinski definition) is 4. The maximum Gasteiger partial charge on any atom is 0.199 e. The van der Waals surface area contributed by atoms with E-state index >= 15 is 0 Å². The molecule has 0 saturated carbocycles. The molecule has 4 rings (SSSR count). The van der Waals surface area contributed by atoms with Crippen molar-refractivity contribution in [3.05, 3.63) is 59.7 Å². The Bertz CT molecular complexity index is 750. The highest BCUT2D eigenvalue weighted by atomic mass is 16.7. The van der Waals surface area contributed by atoms with Gasteiger partial charge in [0.15, 0.2) is 12.1 Å². The molecule has 130 valence electrons. The first kappa shape index (κ1) is 16.2. The van der Waals surface area contributed by atoms with Crippen LogP contribution in [0.5, 0.6) is 11.5 Å². The first-order valence-electron chi connectivity index (χ1n) is 8.90. The molecule has 2 aliphatic heterocycles. The molecule has 0 aromatic heterocycles. The molecule has 0 bridgehead atoms. The number of rotatable bonds is 3. The number of carbonyl (C=O) groups is 1. The Balaban J connectivity index is 1.59. The lowest BCUT2D eigenvalue weighted by molar-refractivity contribution is -0.106. The predicted molar refractivity (Wildman–Crippen MR) is 94.0 cm³/mol. The number of Topliss-reactive ketones (excluding diaryl/α,β-unsaturated/α-hetero) is 1. The van der Waals surface area contributed by atoms with E-state index in [0.29, 0.717) is 17.1 Å². The molecule has 0 N–H and O–H groups in total. The molecule has 25 heavy (non-hydrogen) atoms. The SMILES string of the molecule is C[C@H]1C(=O)c2ccc(OC3CCCCO3)cc2O[C@@H]1c1ccccc1. The van der Waals surface area contributed by atoms with Crippen molar-refractivity contribution in [3.63, 3.8) is 0 Å². The highest BCUT2D eigenvalue weighted by molar-refractivity contribution is 6.01. The number of benzene rings is 2. The number of ether oxygens (including phenoxy) is 3. The second-order valence-electron chi connectivity index (χ2n) is 6.67. The van der Waals surface area contributed by atoms with E-state index in [2.05, 4.69) is 0 Å². The minimum absolute atomic E-state index is 0.107. The molecule has 2 heterocycles. The van der Waals surface area contributed by atoms with Crippen LogP contribution in [0.2, 0.25) is 0 Å². The van der Waals surface area contributed by atoms with Gasteiger partial charge in [0.1, 0.15) is 17.6 Å². The van der Waals surface area contributed by atoms with E-state index in [1.54, 1.807) is 6.07 Å². The fourth-order valence-electron chi connectivity index (χ4n) is 3.45. The third-order valence-corrected chi connectivity index (χ3v) is 4.87. The van der Waals surface area contributed by atoms with E-state index in [4.69, 9.17) is 14.2 Å². The lowest BCUT2D eigenvalue weighted by atomic mass is 9.87. The van der Waals surface area contributed by atoms with E-state index < -0.39 is 0 Å². The van der Waals surface area contributed by atoms with Crippen LogP contribution in [-0.2, 0) is 4.74 Å². The molecular formula is C21H22O4. The summed E-state index contributed by atoms with van der Waals surface area (Å²) in [4.78, 5) is 12.8. The average Bonchev–Trinajstić information content (AvgIpc) is 2.66. The van der Waals surface area contributed by atoms with E-state index in [0.717, 1.165) is 31.4 Å². The summed E-state index contributed by atoms with van der Waals surface area (Å²) in [5.74, 6) is 1.16. The molecule has 1 fully saturated rings. The minimum atomic E-state index is -0.276. The Kier molecular flexibility index (Phi) is 4.45.